The Bertz CT molecular complexity index is 669. The van der Waals surface area contributed by atoms with Crippen LogP contribution in [0.5, 0.6) is 5.75 Å². The number of pyridine rings is 1. The molecule has 0 saturated heterocycles. The van der Waals surface area contributed by atoms with E-state index >= 15 is 0 Å². The first-order valence-corrected chi connectivity index (χ1v) is 6.69. The summed E-state index contributed by atoms with van der Waals surface area (Å²) < 4.78 is 10.4. The molecule has 0 bridgehead atoms. The smallest absolute Gasteiger partial charge is 0.358 e. The van der Waals surface area contributed by atoms with Gasteiger partial charge in [-0.05, 0) is 18.6 Å². The molecule has 0 radical (unpaired) electrons. The minimum atomic E-state index is -1.22. The fourth-order valence-electron chi connectivity index (χ4n) is 1.78. The second kappa shape index (κ2) is 7.21. The zero-order valence-corrected chi connectivity index (χ0v) is 12.0. The molecule has 6 nitrogen and oxygen atoms in total. The van der Waals surface area contributed by atoms with E-state index in [9.17, 15) is 9.59 Å². The zero-order valence-electron chi connectivity index (χ0n) is 12.0. The molecule has 2 aromatic rings. The summed E-state index contributed by atoms with van der Waals surface area (Å²) in [5, 5.41) is 9.14. The van der Waals surface area contributed by atoms with Gasteiger partial charge in [0, 0.05) is 6.20 Å². The number of carbonyl (C=O) groups is 2. The van der Waals surface area contributed by atoms with Crippen molar-refractivity contribution in [2.75, 3.05) is 6.61 Å². The number of carboxylic acid groups (broad SMARTS) is 1. The number of carboxylic acids is 1. The number of aromatic nitrogens is 1. The molecule has 0 amide bonds. The Morgan fingerprint density at radius 3 is 2.59 bits per heavy atom. The van der Waals surface area contributed by atoms with Crippen molar-refractivity contribution in [2.24, 2.45) is 0 Å². The van der Waals surface area contributed by atoms with Gasteiger partial charge in [-0.1, -0.05) is 30.3 Å². The lowest BCUT2D eigenvalue weighted by Crippen LogP contribution is -2.10. The highest BCUT2D eigenvalue weighted by Crippen LogP contribution is 2.20. The zero-order chi connectivity index (χ0) is 15.9. The molecule has 0 aliphatic heterocycles. The van der Waals surface area contributed by atoms with E-state index in [0.717, 1.165) is 11.8 Å². The molecule has 0 aliphatic carbocycles. The lowest BCUT2D eigenvalue weighted by atomic mass is 10.2. The van der Waals surface area contributed by atoms with Gasteiger partial charge in [0.1, 0.15) is 6.61 Å². The van der Waals surface area contributed by atoms with E-state index in [4.69, 9.17) is 14.6 Å². The number of nitrogens with zero attached hydrogens (tertiary/aromatic N) is 1. The highest BCUT2D eigenvalue weighted by molar-refractivity contribution is 5.93. The standard InChI is InChI=1S/C16H15NO5/c1-2-21-16(20)12-8-13(14(15(18)19)17-9-12)22-10-11-6-4-3-5-7-11/h3-9H,2,10H2,1H3,(H,18,19). The third-order valence-electron chi connectivity index (χ3n) is 2.80. The molecule has 1 N–H and O–H groups in total. The van der Waals surface area contributed by atoms with Crippen molar-refractivity contribution in [1.82, 2.24) is 4.98 Å². The Kier molecular flexibility index (Phi) is 5.08. The molecule has 2 rings (SSSR count). The monoisotopic (exact) mass is 301 g/mol. The minimum absolute atomic E-state index is 0.0295. The fourth-order valence-corrected chi connectivity index (χ4v) is 1.78. The van der Waals surface area contributed by atoms with Crippen molar-refractivity contribution in [2.45, 2.75) is 13.5 Å². The molecule has 114 valence electrons. The van der Waals surface area contributed by atoms with Crippen molar-refractivity contribution in [3.8, 4) is 5.75 Å². The Hall–Kier alpha value is -2.89. The second-order valence-corrected chi connectivity index (χ2v) is 4.37. The summed E-state index contributed by atoms with van der Waals surface area (Å²) in [5.41, 5.74) is 0.777. The SMILES string of the molecule is CCOC(=O)c1cnc(C(=O)O)c(OCc2ccccc2)c1. The third kappa shape index (κ3) is 3.82. The quantitative estimate of drug-likeness (QED) is 0.825. The minimum Gasteiger partial charge on any atom is -0.486 e. The Labute approximate surface area is 127 Å². The highest BCUT2D eigenvalue weighted by atomic mass is 16.5. The van der Waals surface area contributed by atoms with Crippen LogP contribution in [0.1, 0.15) is 33.3 Å². The van der Waals surface area contributed by atoms with Crippen LogP contribution in [-0.2, 0) is 11.3 Å². The number of carbonyl (C=O) groups excluding carboxylic acids is 1. The summed E-state index contributed by atoms with van der Waals surface area (Å²) in [6.07, 6.45) is 1.16. The van der Waals surface area contributed by atoms with Crippen molar-refractivity contribution >= 4 is 11.9 Å². The summed E-state index contributed by atoms with van der Waals surface area (Å²) in [4.78, 5) is 26.6. The molecular formula is C16H15NO5. The maximum Gasteiger partial charge on any atom is 0.358 e. The van der Waals surface area contributed by atoms with Crippen LogP contribution in [0, 0.1) is 0 Å². The fraction of sp³-hybridized carbons (Fsp3) is 0.188. The first-order valence-electron chi connectivity index (χ1n) is 6.69. The van der Waals surface area contributed by atoms with Gasteiger partial charge in [-0.15, -0.1) is 0 Å². The van der Waals surface area contributed by atoms with Crippen LogP contribution in [0.25, 0.3) is 0 Å². The Balaban J connectivity index is 2.24. The number of hydrogen-bond donors (Lipinski definition) is 1. The number of benzene rings is 1. The highest BCUT2D eigenvalue weighted by Gasteiger charge is 2.17. The van der Waals surface area contributed by atoms with Gasteiger partial charge in [-0.2, -0.15) is 0 Å². The summed E-state index contributed by atoms with van der Waals surface area (Å²) in [5.74, 6) is -1.77. The van der Waals surface area contributed by atoms with Crippen LogP contribution in [0.3, 0.4) is 0 Å². The molecule has 0 fully saturated rings. The van der Waals surface area contributed by atoms with E-state index in [1.54, 1.807) is 6.92 Å². The maximum absolute atomic E-state index is 11.7. The summed E-state index contributed by atoms with van der Waals surface area (Å²) in [7, 11) is 0. The normalized spacial score (nSPS) is 10.0. The van der Waals surface area contributed by atoms with Crippen molar-refractivity contribution in [3.05, 3.63) is 59.4 Å². The molecule has 1 aromatic carbocycles. The average Bonchev–Trinajstić information content (AvgIpc) is 2.53. The number of hydrogen-bond acceptors (Lipinski definition) is 5. The number of ether oxygens (including phenoxy) is 2. The summed E-state index contributed by atoms with van der Waals surface area (Å²) >= 11 is 0. The predicted molar refractivity (Wildman–Crippen MR) is 77.9 cm³/mol. The van der Waals surface area contributed by atoms with Gasteiger partial charge in [-0.3, -0.25) is 0 Å². The summed E-state index contributed by atoms with van der Waals surface area (Å²) in [6.45, 7) is 2.08. The lowest BCUT2D eigenvalue weighted by Gasteiger charge is -2.10. The maximum atomic E-state index is 11.7. The van der Waals surface area contributed by atoms with Crippen LogP contribution in [0.4, 0.5) is 0 Å². The first kappa shape index (κ1) is 15.5. The van der Waals surface area contributed by atoms with Crippen molar-refractivity contribution in [1.29, 1.82) is 0 Å². The molecule has 0 spiro atoms. The Morgan fingerprint density at radius 2 is 1.95 bits per heavy atom. The van der Waals surface area contributed by atoms with Crippen LogP contribution in [-0.4, -0.2) is 28.6 Å². The van der Waals surface area contributed by atoms with Crippen molar-refractivity contribution < 1.29 is 24.2 Å². The second-order valence-electron chi connectivity index (χ2n) is 4.37. The molecule has 0 aliphatic rings. The molecule has 0 unspecified atom stereocenters. The molecule has 0 atom stereocenters. The molecule has 0 saturated carbocycles. The van der Waals surface area contributed by atoms with Crippen LogP contribution in [0.15, 0.2) is 42.6 Å². The van der Waals surface area contributed by atoms with Crippen molar-refractivity contribution in [3.63, 3.8) is 0 Å². The Morgan fingerprint density at radius 1 is 1.23 bits per heavy atom. The third-order valence-corrected chi connectivity index (χ3v) is 2.80. The molecule has 6 heteroatoms. The van der Waals surface area contributed by atoms with Gasteiger partial charge in [0.2, 0.25) is 0 Å². The molecule has 1 heterocycles. The van der Waals surface area contributed by atoms with E-state index in [2.05, 4.69) is 4.98 Å². The van der Waals surface area contributed by atoms with Crippen LogP contribution >= 0.6 is 0 Å². The van der Waals surface area contributed by atoms with E-state index in [1.807, 2.05) is 30.3 Å². The average molecular weight is 301 g/mol. The van der Waals surface area contributed by atoms with E-state index in [-0.39, 0.29) is 30.2 Å². The van der Waals surface area contributed by atoms with Crippen LogP contribution < -0.4 is 4.74 Å². The van der Waals surface area contributed by atoms with Gasteiger partial charge in [-0.25, -0.2) is 14.6 Å². The first-order chi connectivity index (χ1) is 10.6. The van der Waals surface area contributed by atoms with Gasteiger partial charge < -0.3 is 14.6 Å². The van der Waals surface area contributed by atoms with Gasteiger partial charge in [0.15, 0.2) is 11.4 Å². The number of rotatable bonds is 6. The van der Waals surface area contributed by atoms with E-state index in [1.165, 1.54) is 6.07 Å². The van der Waals surface area contributed by atoms with Gasteiger partial charge in [0.25, 0.3) is 0 Å². The predicted octanol–water partition coefficient (Wildman–Crippen LogP) is 2.54. The van der Waals surface area contributed by atoms with Crippen LogP contribution in [0.2, 0.25) is 0 Å². The van der Waals surface area contributed by atoms with E-state index in [0.29, 0.717) is 0 Å². The molecular weight excluding hydrogens is 286 g/mol. The largest absolute Gasteiger partial charge is 0.486 e. The molecule has 22 heavy (non-hydrogen) atoms. The lowest BCUT2D eigenvalue weighted by molar-refractivity contribution is 0.0523. The number of esters is 1. The number of aromatic carboxylic acids is 1. The topological polar surface area (TPSA) is 85.7 Å². The van der Waals surface area contributed by atoms with Gasteiger partial charge in [0.05, 0.1) is 12.2 Å². The molecule has 1 aromatic heterocycles. The van der Waals surface area contributed by atoms with E-state index < -0.39 is 11.9 Å². The van der Waals surface area contributed by atoms with Gasteiger partial charge >= 0.3 is 11.9 Å². The summed E-state index contributed by atoms with van der Waals surface area (Å²) in [6, 6.07) is 10.6.